The lowest BCUT2D eigenvalue weighted by Gasteiger charge is -2.10. The third-order valence-corrected chi connectivity index (χ3v) is 3.79. The highest BCUT2D eigenvalue weighted by Crippen LogP contribution is 2.34. The molecule has 0 amide bonds. The Hall–Kier alpha value is -3.15. The monoisotopic (exact) mass is 342 g/mol. The van der Waals surface area contributed by atoms with Crippen LogP contribution in [0.15, 0.2) is 45.6 Å². The van der Waals surface area contributed by atoms with Crippen LogP contribution in [-0.4, -0.2) is 21.9 Å². The molecular weight excluding hydrogens is 324 g/mol. The van der Waals surface area contributed by atoms with Crippen LogP contribution in [0, 0.1) is 0 Å². The van der Waals surface area contributed by atoms with E-state index in [1.54, 1.807) is 0 Å². The summed E-state index contributed by atoms with van der Waals surface area (Å²) in [5.74, 6) is -0.182. The van der Waals surface area contributed by atoms with Crippen LogP contribution >= 0.6 is 0 Å². The minimum atomic E-state index is -0.324. The Morgan fingerprint density at radius 2 is 1.84 bits per heavy atom. The molecule has 0 aliphatic rings. The number of ether oxygens (including phenoxy) is 1. The number of fused-ring (bicyclic) bond motifs is 1. The quantitative estimate of drug-likeness (QED) is 0.482. The van der Waals surface area contributed by atoms with Gasteiger partial charge in [0, 0.05) is 23.8 Å². The second kappa shape index (κ2) is 6.76. The fourth-order valence-electron chi connectivity index (χ4n) is 2.50. The molecule has 0 aliphatic heterocycles. The highest BCUT2D eigenvalue weighted by molar-refractivity contribution is 5.86. The molecule has 0 atom stereocenters. The summed E-state index contributed by atoms with van der Waals surface area (Å²) in [6.45, 7) is 2.46. The Kier molecular flexibility index (Phi) is 4.52. The third-order valence-electron chi connectivity index (χ3n) is 3.79. The highest BCUT2D eigenvalue weighted by Gasteiger charge is 2.14. The second-order valence-electron chi connectivity index (χ2n) is 5.70. The van der Waals surface area contributed by atoms with Gasteiger partial charge in [-0.2, -0.15) is 0 Å². The van der Waals surface area contributed by atoms with E-state index in [9.17, 15) is 20.1 Å². The summed E-state index contributed by atoms with van der Waals surface area (Å²) in [5.41, 5.74) is 0.281. The van der Waals surface area contributed by atoms with Crippen LogP contribution in [0.4, 0.5) is 0 Å². The maximum Gasteiger partial charge on any atom is 0.197 e. The standard InChI is InChI=1S/C19H18O6/c1-2-3-6-24-17-8-12(20)9-18-19(17)15(23)10-16(25-18)11-4-5-13(21)14(22)7-11/h4-5,7-10,20-22H,2-3,6H2,1H3. The zero-order valence-corrected chi connectivity index (χ0v) is 13.7. The third kappa shape index (κ3) is 3.38. The number of hydrogen-bond acceptors (Lipinski definition) is 6. The molecule has 3 rings (SSSR count). The van der Waals surface area contributed by atoms with Gasteiger partial charge in [0.15, 0.2) is 16.9 Å². The van der Waals surface area contributed by atoms with Crippen LogP contribution in [0.2, 0.25) is 0 Å². The number of hydrogen-bond donors (Lipinski definition) is 3. The van der Waals surface area contributed by atoms with Crippen molar-refractivity contribution >= 4 is 11.0 Å². The van der Waals surface area contributed by atoms with Gasteiger partial charge in [0.25, 0.3) is 0 Å². The van der Waals surface area contributed by atoms with Crippen molar-refractivity contribution in [2.24, 2.45) is 0 Å². The van der Waals surface area contributed by atoms with Gasteiger partial charge in [-0.3, -0.25) is 4.79 Å². The first-order chi connectivity index (χ1) is 12.0. The lowest BCUT2D eigenvalue weighted by atomic mass is 10.1. The smallest absolute Gasteiger partial charge is 0.197 e. The summed E-state index contributed by atoms with van der Waals surface area (Å²) in [6.07, 6.45) is 1.77. The molecule has 0 saturated heterocycles. The van der Waals surface area contributed by atoms with Crippen LogP contribution < -0.4 is 10.2 Å². The molecule has 3 N–H and O–H groups in total. The largest absolute Gasteiger partial charge is 0.508 e. The SMILES string of the molecule is CCCCOc1cc(O)cc2oc(-c3ccc(O)c(O)c3)cc(=O)c12. The Morgan fingerprint density at radius 3 is 2.56 bits per heavy atom. The molecule has 1 aromatic heterocycles. The Labute approximate surface area is 143 Å². The molecular formula is C19H18O6. The number of phenols is 3. The van der Waals surface area contributed by atoms with Crippen LogP contribution in [-0.2, 0) is 0 Å². The van der Waals surface area contributed by atoms with E-state index in [0.717, 1.165) is 12.8 Å². The molecule has 0 spiro atoms. The van der Waals surface area contributed by atoms with E-state index in [0.29, 0.717) is 12.2 Å². The van der Waals surface area contributed by atoms with Crippen LogP contribution in [0.5, 0.6) is 23.0 Å². The normalized spacial score (nSPS) is 10.9. The Morgan fingerprint density at radius 1 is 1.04 bits per heavy atom. The topological polar surface area (TPSA) is 100 Å². The number of aromatic hydroxyl groups is 3. The fraction of sp³-hybridized carbons (Fsp3) is 0.211. The summed E-state index contributed by atoms with van der Waals surface area (Å²) < 4.78 is 11.3. The van der Waals surface area contributed by atoms with Gasteiger partial charge < -0.3 is 24.5 Å². The fourth-order valence-corrected chi connectivity index (χ4v) is 2.50. The zero-order chi connectivity index (χ0) is 18.0. The van der Waals surface area contributed by atoms with E-state index < -0.39 is 0 Å². The maximum absolute atomic E-state index is 12.6. The van der Waals surface area contributed by atoms with Gasteiger partial charge in [-0.15, -0.1) is 0 Å². The van der Waals surface area contributed by atoms with Crippen molar-refractivity contribution in [3.8, 4) is 34.3 Å². The van der Waals surface area contributed by atoms with Crippen molar-refractivity contribution in [1.29, 1.82) is 0 Å². The molecule has 6 heteroatoms. The molecule has 0 radical (unpaired) electrons. The number of rotatable bonds is 5. The first-order valence-corrected chi connectivity index (χ1v) is 7.95. The van der Waals surface area contributed by atoms with Crippen LogP contribution in [0.3, 0.4) is 0 Å². The van der Waals surface area contributed by atoms with Crippen molar-refractivity contribution in [2.75, 3.05) is 6.61 Å². The predicted octanol–water partition coefficient (Wildman–Crippen LogP) is 3.76. The van der Waals surface area contributed by atoms with Crippen molar-refractivity contribution < 1.29 is 24.5 Å². The molecule has 0 aliphatic carbocycles. The van der Waals surface area contributed by atoms with E-state index in [4.69, 9.17) is 9.15 Å². The molecule has 6 nitrogen and oxygen atoms in total. The average molecular weight is 342 g/mol. The molecule has 130 valence electrons. The summed E-state index contributed by atoms with van der Waals surface area (Å²) in [6, 6.07) is 8.13. The predicted molar refractivity (Wildman–Crippen MR) is 93.3 cm³/mol. The van der Waals surface area contributed by atoms with Gasteiger partial charge in [-0.05, 0) is 24.6 Å². The van der Waals surface area contributed by atoms with E-state index in [-0.39, 0.29) is 45.2 Å². The van der Waals surface area contributed by atoms with E-state index >= 15 is 0 Å². The van der Waals surface area contributed by atoms with Crippen LogP contribution in [0.25, 0.3) is 22.3 Å². The highest BCUT2D eigenvalue weighted by atomic mass is 16.5. The molecule has 2 aromatic carbocycles. The van der Waals surface area contributed by atoms with Gasteiger partial charge in [0.2, 0.25) is 0 Å². The first kappa shape index (κ1) is 16.7. The number of unbranched alkanes of at least 4 members (excludes halogenated alkanes) is 1. The van der Waals surface area contributed by atoms with Gasteiger partial charge in [-0.25, -0.2) is 0 Å². The average Bonchev–Trinajstić information content (AvgIpc) is 2.56. The minimum Gasteiger partial charge on any atom is -0.508 e. The number of phenolic OH excluding ortho intramolecular Hbond substituents is 3. The summed E-state index contributed by atoms with van der Waals surface area (Å²) in [5, 5.41) is 29.2. The van der Waals surface area contributed by atoms with Gasteiger partial charge in [0.05, 0.1) is 6.61 Å². The summed E-state index contributed by atoms with van der Waals surface area (Å²) in [4.78, 5) is 12.6. The molecule has 25 heavy (non-hydrogen) atoms. The first-order valence-electron chi connectivity index (χ1n) is 7.95. The minimum absolute atomic E-state index is 0.0761. The Bertz CT molecular complexity index is 974. The van der Waals surface area contributed by atoms with Crippen LogP contribution in [0.1, 0.15) is 19.8 Å². The number of benzene rings is 2. The summed E-state index contributed by atoms with van der Waals surface area (Å²) in [7, 11) is 0. The van der Waals surface area contributed by atoms with E-state index in [1.807, 2.05) is 6.92 Å². The summed E-state index contributed by atoms with van der Waals surface area (Å²) >= 11 is 0. The lowest BCUT2D eigenvalue weighted by Crippen LogP contribution is -2.05. The molecule has 1 heterocycles. The van der Waals surface area contributed by atoms with E-state index in [1.165, 1.54) is 36.4 Å². The zero-order valence-electron chi connectivity index (χ0n) is 13.7. The molecule has 0 bridgehead atoms. The molecule has 0 fully saturated rings. The van der Waals surface area contributed by atoms with Gasteiger partial charge in [-0.1, -0.05) is 13.3 Å². The van der Waals surface area contributed by atoms with Crippen molar-refractivity contribution in [1.82, 2.24) is 0 Å². The van der Waals surface area contributed by atoms with Crippen molar-refractivity contribution in [3.05, 3.63) is 46.6 Å². The van der Waals surface area contributed by atoms with E-state index in [2.05, 4.69) is 0 Å². The van der Waals surface area contributed by atoms with Gasteiger partial charge in [0.1, 0.15) is 28.2 Å². The maximum atomic E-state index is 12.6. The van der Waals surface area contributed by atoms with Crippen molar-refractivity contribution in [2.45, 2.75) is 19.8 Å². The second-order valence-corrected chi connectivity index (χ2v) is 5.70. The Balaban J connectivity index is 2.13. The molecule has 0 unspecified atom stereocenters. The van der Waals surface area contributed by atoms with Gasteiger partial charge >= 0.3 is 0 Å². The van der Waals surface area contributed by atoms with Crippen molar-refractivity contribution in [3.63, 3.8) is 0 Å². The lowest BCUT2D eigenvalue weighted by molar-refractivity contribution is 0.311. The molecule has 3 aromatic rings. The molecule has 0 saturated carbocycles.